The van der Waals surface area contributed by atoms with E-state index in [0.29, 0.717) is 11.5 Å². The summed E-state index contributed by atoms with van der Waals surface area (Å²) in [6, 6.07) is 5.77. The fourth-order valence-electron chi connectivity index (χ4n) is 2.21. The number of carboxylic acid groups (broad SMARTS) is 1. The number of ether oxygens (including phenoxy) is 2. The van der Waals surface area contributed by atoms with Gasteiger partial charge in [-0.1, -0.05) is 6.07 Å². The average Bonchev–Trinajstić information content (AvgIpc) is 3.14. The number of aliphatic carboxylic acids is 1. The Morgan fingerprint density at radius 3 is 2.83 bits per heavy atom. The first kappa shape index (κ1) is 15.3. The molecule has 2 aromatic rings. The summed E-state index contributed by atoms with van der Waals surface area (Å²) in [5.74, 6) is -0.402. The number of amides is 1. The molecule has 0 fully saturated rings. The Morgan fingerprint density at radius 2 is 2.13 bits per heavy atom. The van der Waals surface area contributed by atoms with Gasteiger partial charge < -0.3 is 19.9 Å². The van der Waals surface area contributed by atoms with Crippen molar-refractivity contribution in [1.82, 2.24) is 9.69 Å². The quantitative estimate of drug-likeness (QED) is 0.862. The van der Waals surface area contributed by atoms with Crippen LogP contribution in [0.4, 0.5) is 0 Å². The van der Waals surface area contributed by atoms with Crippen LogP contribution in [0.2, 0.25) is 0 Å². The standard InChI is InChI=1S/C15H14N2O5S/c1-8-4-10(17-23-8)14(18)16-11(15(19)20)5-9-2-3-12-13(6-9)22-7-21-12/h2-4,6,11H,5,7H2,1H3,(H,16,18)(H,19,20). The summed E-state index contributed by atoms with van der Waals surface area (Å²) >= 11 is 1.20. The Hall–Kier alpha value is -2.61. The van der Waals surface area contributed by atoms with Crippen molar-refractivity contribution in [3.05, 3.63) is 40.4 Å². The van der Waals surface area contributed by atoms with E-state index in [2.05, 4.69) is 9.69 Å². The second kappa shape index (κ2) is 6.25. The fourth-order valence-corrected chi connectivity index (χ4v) is 2.75. The van der Waals surface area contributed by atoms with Crippen LogP contribution in [0.5, 0.6) is 11.5 Å². The van der Waals surface area contributed by atoms with Gasteiger partial charge in [0.25, 0.3) is 5.91 Å². The van der Waals surface area contributed by atoms with Crippen molar-refractivity contribution in [2.24, 2.45) is 0 Å². The lowest BCUT2D eigenvalue weighted by Crippen LogP contribution is -2.42. The number of carbonyl (C=O) groups is 2. The topological polar surface area (TPSA) is 97.8 Å². The van der Waals surface area contributed by atoms with Crippen molar-refractivity contribution >= 4 is 23.4 Å². The van der Waals surface area contributed by atoms with Crippen LogP contribution < -0.4 is 14.8 Å². The Bertz CT molecular complexity index is 758. The first-order valence-electron chi connectivity index (χ1n) is 6.88. The van der Waals surface area contributed by atoms with Gasteiger partial charge in [0.05, 0.1) is 0 Å². The molecule has 0 saturated carbocycles. The molecule has 1 unspecified atom stereocenters. The maximum absolute atomic E-state index is 12.1. The van der Waals surface area contributed by atoms with Crippen LogP contribution in [0.3, 0.4) is 0 Å². The van der Waals surface area contributed by atoms with E-state index < -0.39 is 17.9 Å². The minimum atomic E-state index is -1.11. The fraction of sp³-hybridized carbons (Fsp3) is 0.267. The molecular weight excluding hydrogens is 320 g/mol. The van der Waals surface area contributed by atoms with Gasteiger partial charge in [0.2, 0.25) is 6.79 Å². The number of rotatable bonds is 5. The Kier molecular flexibility index (Phi) is 4.16. The molecule has 7 nitrogen and oxygen atoms in total. The molecule has 23 heavy (non-hydrogen) atoms. The van der Waals surface area contributed by atoms with Gasteiger partial charge in [0.1, 0.15) is 11.7 Å². The molecule has 2 heterocycles. The molecular formula is C15H14N2O5S. The number of carbonyl (C=O) groups excluding carboxylic acids is 1. The molecule has 1 aromatic carbocycles. The summed E-state index contributed by atoms with van der Waals surface area (Å²) in [6.07, 6.45) is 0.140. The van der Waals surface area contributed by atoms with Gasteiger partial charge in [-0.15, -0.1) is 0 Å². The first-order valence-corrected chi connectivity index (χ1v) is 7.66. The third-order valence-electron chi connectivity index (χ3n) is 3.34. The zero-order chi connectivity index (χ0) is 16.4. The molecule has 1 aliphatic heterocycles. The molecule has 3 rings (SSSR count). The van der Waals surface area contributed by atoms with Gasteiger partial charge in [0.15, 0.2) is 11.5 Å². The van der Waals surface area contributed by atoms with Gasteiger partial charge in [-0.25, -0.2) is 4.79 Å². The second-order valence-corrected chi connectivity index (χ2v) is 6.09. The maximum atomic E-state index is 12.1. The number of fused-ring (bicyclic) bond motifs is 1. The molecule has 0 saturated heterocycles. The number of benzene rings is 1. The Morgan fingerprint density at radius 1 is 1.35 bits per heavy atom. The third-order valence-corrected chi connectivity index (χ3v) is 4.03. The summed E-state index contributed by atoms with van der Waals surface area (Å²) in [6.45, 7) is 1.98. The van der Waals surface area contributed by atoms with Gasteiger partial charge >= 0.3 is 5.97 Å². The number of hydrogen-bond acceptors (Lipinski definition) is 6. The number of nitrogens with zero attached hydrogens (tertiary/aromatic N) is 1. The molecule has 1 atom stereocenters. The van der Waals surface area contributed by atoms with E-state index in [9.17, 15) is 14.7 Å². The Balaban J connectivity index is 1.72. The van der Waals surface area contributed by atoms with Crippen LogP contribution in [0.25, 0.3) is 0 Å². The smallest absolute Gasteiger partial charge is 0.326 e. The minimum Gasteiger partial charge on any atom is -0.480 e. The summed E-state index contributed by atoms with van der Waals surface area (Å²) in [5, 5.41) is 11.8. The zero-order valence-electron chi connectivity index (χ0n) is 12.2. The summed E-state index contributed by atoms with van der Waals surface area (Å²) in [7, 11) is 0. The third kappa shape index (κ3) is 3.42. The molecule has 0 radical (unpaired) electrons. The lowest BCUT2D eigenvalue weighted by atomic mass is 10.1. The number of carboxylic acids is 1. The van der Waals surface area contributed by atoms with E-state index in [1.807, 2.05) is 6.92 Å². The average molecular weight is 334 g/mol. The lowest BCUT2D eigenvalue weighted by Gasteiger charge is -2.14. The van der Waals surface area contributed by atoms with Crippen LogP contribution in [0.15, 0.2) is 24.3 Å². The largest absolute Gasteiger partial charge is 0.480 e. The number of hydrogen-bond donors (Lipinski definition) is 2. The van der Waals surface area contributed by atoms with Gasteiger partial charge in [-0.05, 0) is 42.2 Å². The molecule has 0 aliphatic carbocycles. The molecule has 120 valence electrons. The number of nitrogens with one attached hydrogen (secondary N) is 1. The predicted molar refractivity (Wildman–Crippen MR) is 82.0 cm³/mol. The molecule has 1 amide bonds. The Labute approximate surface area is 136 Å². The van der Waals surface area contributed by atoms with Gasteiger partial charge in [0, 0.05) is 11.3 Å². The van der Waals surface area contributed by atoms with E-state index in [-0.39, 0.29) is 18.9 Å². The van der Waals surface area contributed by atoms with E-state index >= 15 is 0 Å². The highest BCUT2D eigenvalue weighted by Gasteiger charge is 2.23. The van der Waals surface area contributed by atoms with Crippen molar-refractivity contribution in [2.75, 3.05) is 6.79 Å². The van der Waals surface area contributed by atoms with E-state index in [1.54, 1.807) is 24.3 Å². The molecule has 0 spiro atoms. The monoisotopic (exact) mass is 334 g/mol. The van der Waals surface area contributed by atoms with Crippen molar-refractivity contribution in [1.29, 1.82) is 0 Å². The van der Waals surface area contributed by atoms with Gasteiger partial charge in [-0.2, -0.15) is 4.37 Å². The van der Waals surface area contributed by atoms with Crippen LogP contribution in [0.1, 0.15) is 20.9 Å². The highest BCUT2D eigenvalue weighted by Crippen LogP contribution is 2.32. The highest BCUT2D eigenvalue weighted by molar-refractivity contribution is 7.05. The SMILES string of the molecule is Cc1cc(C(=O)NC(Cc2ccc3c(c2)OCO3)C(=O)O)ns1. The zero-order valence-corrected chi connectivity index (χ0v) is 13.1. The molecule has 1 aromatic heterocycles. The summed E-state index contributed by atoms with van der Waals surface area (Å²) in [4.78, 5) is 24.4. The van der Waals surface area contributed by atoms with E-state index in [1.165, 1.54) is 11.5 Å². The van der Waals surface area contributed by atoms with E-state index in [4.69, 9.17) is 9.47 Å². The van der Waals surface area contributed by atoms with Crippen LogP contribution in [-0.4, -0.2) is 34.2 Å². The van der Waals surface area contributed by atoms with Crippen molar-refractivity contribution < 1.29 is 24.2 Å². The highest BCUT2D eigenvalue weighted by atomic mass is 32.1. The lowest BCUT2D eigenvalue weighted by molar-refractivity contribution is -0.139. The number of aromatic nitrogens is 1. The normalized spacial score (nSPS) is 13.6. The molecule has 0 bridgehead atoms. The maximum Gasteiger partial charge on any atom is 0.326 e. The van der Waals surface area contributed by atoms with Gasteiger partial charge in [-0.3, -0.25) is 4.79 Å². The van der Waals surface area contributed by atoms with Crippen LogP contribution >= 0.6 is 11.5 Å². The van der Waals surface area contributed by atoms with Crippen molar-refractivity contribution in [3.63, 3.8) is 0 Å². The minimum absolute atomic E-state index is 0.140. The van der Waals surface area contributed by atoms with E-state index in [0.717, 1.165) is 10.4 Å². The summed E-state index contributed by atoms with van der Waals surface area (Å²) in [5.41, 5.74) is 0.959. The van der Waals surface area contributed by atoms with Crippen LogP contribution in [0, 0.1) is 6.92 Å². The molecule has 2 N–H and O–H groups in total. The molecule has 1 aliphatic rings. The molecule has 8 heteroatoms. The first-order chi connectivity index (χ1) is 11.0. The predicted octanol–water partition coefficient (Wildman–Crippen LogP) is 1.61. The summed E-state index contributed by atoms with van der Waals surface area (Å²) < 4.78 is 14.5. The van der Waals surface area contributed by atoms with Crippen LogP contribution in [-0.2, 0) is 11.2 Å². The number of aryl methyl sites for hydroxylation is 1. The second-order valence-electron chi connectivity index (χ2n) is 5.08. The van der Waals surface area contributed by atoms with Crippen molar-refractivity contribution in [3.8, 4) is 11.5 Å². The van der Waals surface area contributed by atoms with Crippen molar-refractivity contribution in [2.45, 2.75) is 19.4 Å².